The van der Waals surface area contributed by atoms with Gasteiger partial charge in [0, 0.05) is 32.4 Å². The summed E-state index contributed by atoms with van der Waals surface area (Å²) in [6, 6.07) is 12.9. The molecule has 1 aromatic carbocycles. The lowest BCUT2D eigenvalue weighted by Gasteiger charge is -2.33. The number of aromatic nitrogens is 2. The zero-order valence-corrected chi connectivity index (χ0v) is 18.0. The highest BCUT2D eigenvalue weighted by molar-refractivity contribution is 9.11. The van der Waals surface area contributed by atoms with Crippen LogP contribution in [0.2, 0.25) is 0 Å². The van der Waals surface area contributed by atoms with E-state index < -0.39 is 10.0 Å². The minimum atomic E-state index is -3.52. The van der Waals surface area contributed by atoms with Crippen LogP contribution in [0.25, 0.3) is 5.69 Å². The molecular weight excluding hydrogens is 464 g/mol. The summed E-state index contributed by atoms with van der Waals surface area (Å²) in [6.45, 7) is 1.25. The molecule has 146 valence electrons. The maximum atomic E-state index is 12.8. The van der Waals surface area contributed by atoms with Crippen molar-refractivity contribution in [2.75, 3.05) is 26.2 Å². The number of piperazine rings is 1. The Bertz CT molecular complexity index is 1090. The highest BCUT2D eigenvalue weighted by Crippen LogP contribution is 2.29. The quantitative estimate of drug-likeness (QED) is 0.575. The van der Waals surface area contributed by atoms with Crippen LogP contribution >= 0.6 is 27.3 Å². The Hall–Kier alpha value is -2.01. The Balaban J connectivity index is 1.43. The van der Waals surface area contributed by atoms with Crippen molar-refractivity contribution in [3.63, 3.8) is 0 Å². The molecule has 0 unspecified atom stereocenters. The molecule has 0 atom stereocenters. The fourth-order valence-corrected chi connectivity index (χ4v) is 6.62. The van der Waals surface area contributed by atoms with Crippen LogP contribution < -0.4 is 0 Å². The molecule has 7 nitrogen and oxygen atoms in total. The second-order valence-electron chi connectivity index (χ2n) is 6.26. The highest BCUT2D eigenvalue weighted by atomic mass is 79.9. The molecule has 1 fully saturated rings. The number of amides is 1. The van der Waals surface area contributed by atoms with E-state index in [2.05, 4.69) is 21.0 Å². The number of carbonyl (C=O) groups is 1. The van der Waals surface area contributed by atoms with Crippen LogP contribution in [-0.2, 0) is 10.0 Å². The fourth-order valence-electron chi connectivity index (χ4n) is 3.03. The van der Waals surface area contributed by atoms with E-state index in [0.717, 1.165) is 9.47 Å². The molecule has 0 bridgehead atoms. The summed E-state index contributed by atoms with van der Waals surface area (Å²) in [5, 5.41) is 4.26. The third-order valence-electron chi connectivity index (χ3n) is 4.52. The average Bonchev–Trinajstić information content (AvgIpc) is 3.38. The molecule has 3 heterocycles. The van der Waals surface area contributed by atoms with Crippen LogP contribution in [0.4, 0.5) is 0 Å². The van der Waals surface area contributed by atoms with Gasteiger partial charge in [-0.15, -0.1) is 11.3 Å². The summed E-state index contributed by atoms with van der Waals surface area (Å²) < 4.78 is 29.6. The van der Waals surface area contributed by atoms with E-state index in [1.54, 1.807) is 34.1 Å². The molecule has 1 aliphatic heterocycles. The number of para-hydroxylation sites is 1. The Kier molecular flexibility index (Phi) is 5.37. The number of sulfonamides is 1. The van der Waals surface area contributed by atoms with Crippen molar-refractivity contribution in [3.8, 4) is 5.69 Å². The topological polar surface area (TPSA) is 75.5 Å². The Morgan fingerprint density at radius 3 is 2.39 bits per heavy atom. The van der Waals surface area contributed by atoms with E-state index in [9.17, 15) is 13.2 Å². The maximum absolute atomic E-state index is 12.8. The van der Waals surface area contributed by atoms with Gasteiger partial charge in [-0.2, -0.15) is 9.40 Å². The van der Waals surface area contributed by atoms with Crippen molar-refractivity contribution >= 4 is 43.2 Å². The molecular formula is C18H17BrN4O3S2. The number of halogens is 1. The molecule has 1 aliphatic rings. The fraction of sp³-hybridized carbons (Fsp3) is 0.222. The number of thiophene rings is 1. The van der Waals surface area contributed by atoms with E-state index in [-0.39, 0.29) is 19.0 Å². The smallest absolute Gasteiger partial charge is 0.257 e. The number of benzene rings is 1. The molecule has 28 heavy (non-hydrogen) atoms. The molecule has 0 radical (unpaired) electrons. The van der Waals surface area contributed by atoms with Crippen LogP contribution in [0.1, 0.15) is 10.4 Å². The molecule has 10 heteroatoms. The van der Waals surface area contributed by atoms with Crippen LogP contribution in [0, 0.1) is 0 Å². The summed E-state index contributed by atoms with van der Waals surface area (Å²) in [5.41, 5.74) is 1.36. The minimum Gasteiger partial charge on any atom is -0.336 e. The van der Waals surface area contributed by atoms with Crippen LogP contribution in [-0.4, -0.2) is 59.5 Å². The molecule has 0 N–H and O–H groups in total. The van der Waals surface area contributed by atoms with Crippen molar-refractivity contribution in [1.82, 2.24) is 19.0 Å². The normalized spacial score (nSPS) is 15.7. The Labute approximate surface area is 175 Å². The van der Waals surface area contributed by atoms with Crippen molar-refractivity contribution < 1.29 is 13.2 Å². The Morgan fingerprint density at radius 2 is 1.75 bits per heavy atom. The molecule has 4 rings (SSSR count). The summed E-state index contributed by atoms with van der Waals surface area (Å²) in [5.74, 6) is -0.141. The third kappa shape index (κ3) is 3.77. The summed E-state index contributed by atoms with van der Waals surface area (Å²) in [4.78, 5) is 14.4. The van der Waals surface area contributed by atoms with E-state index in [0.29, 0.717) is 22.9 Å². The van der Waals surface area contributed by atoms with Crippen molar-refractivity contribution in [2.24, 2.45) is 0 Å². The molecule has 3 aromatic rings. The van der Waals surface area contributed by atoms with E-state index >= 15 is 0 Å². The SMILES string of the molecule is O=C(c1cnn(-c2ccccc2)c1)N1CCN(S(=O)(=O)c2ccc(Br)s2)CC1. The van der Waals surface area contributed by atoms with Gasteiger partial charge in [0.1, 0.15) is 4.21 Å². The van der Waals surface area contributed by atoms with Gasteiger partial charge in [0.2, 0.25) is 0 Å². The van der Waals surface area contributed by atoms with Gasteiger partial charge in [-0.25, -0.2) is 13.1 Å². The number of carbonyl (C=O) groups excluding carboxylic acids is 1. The number of hydrogen-bond acceptors (Lipinski definition) is 5. The monoisotopic (exact) mass is 480 g/mol. The van der Waals surface area contributed by atoms with Crippen molar-refractivity contribution in [3.05, 3.63) is 64.2 Å². The summed E-state index contributed by atoms with van der Waals surface area (Å²) in [6.07, 6.45) is 3.24. The first kappa shape index (κ1) is 19.3. The van der Waals surface area contributed by atoms with Gasteiger partial charge in [-0.05, 0) is 40.2 Å². The minimum absolute atomic E-state index is 0.141. The molecule has 0 saturated carbocycles. The highest BCUT2D eigenvalue weighted by Gasteiger charge is 2.31. The predicted octanol–water partition coefficient (Wildman–Crippen LogP) is 2.84. The lowest BCUT2D eigenvalue weighted by atomic mass is 10.2. The average molecular weight is 481 g/mol. The number of hydrogen-bond donors (Lipinski definition) is 0. The largest absolute Gasteiger partial charge is 0.336 e. The van der Waals surface area contributed by atoms with Crippen molar-refractivity contribution in [1.29, 1.82) is 0 Å². The zero-order valence-electron chi connectivity index (χ0n) is 14.7. The van der Waals surface area contributed by atoms with Crippen LogP contribution in [0.15, 0.2) is 62.9 Å². The van der Waals surface area contributed by atoms with Gasteiger partial charge in [-0.1, -0.05) is 18.2 Å². The first-order valence-electron chi connectivity index (χ1n) is 8.60. The first-order valence-corrected chi connectivity index (χ1v) is 11.6. The van der Waals surface area contributed by atoms with E-state index in [1.165, 1.54) is 15.6 Å². The standard InChI is InChI=1S/C18H17BrN4O3S2/c19-16-6-7-17(27-16)28(25,26)22-10-8-21(9-11-22)18(24)14-12-20-23(13-14)15-4-2-1-3-5-15/h1-7,12-13H,8-11H2. The maximum Gasteiger partial charge on any atom is 0.257 e. The zero-order chi connectivity index (χ0) is 19.7. The van der Waals surface area contributed by atoms with Gasteiger partial charge in [0.25, 0.3) is 15.9 Å². The second-order valence-corrected chi connectivity index (χ2v) is 10.9. The van der Waals surface area contributed by atoms with Crippen molar-refractivity contribution in [2.45, 2.75) is 4.21 Å². The lowest BCUT2D eigenvalue weighted by Crippen LogP contribution is -2.50. The van der Waals surface area contributed by atoms with Gasteiger partial charge >= 0.3 is 0 Å². The molecule has 2 aromatic heterocycles. The molecule has 1 amide bonds. The van der Waals surface area contributed by atoms with Gasteiger partial charge < -0.3 is 4.90 Å². The predicted molar refractivity (Wildman–Crippen MR) is 110 cm³/mol. The molecule has 0 spiro atoms. The van der Waals surface area contributed by atoms with Crippen LogP contribution in [0.3, 0.4) is 0 Å². The number of nitrogens with zero attached hydrogens (tertiary/aromatic N) is 4. The van der Waals surface area contributed by atoms with Gasteiger partial charge in [0.05, 0.1) is 21.2 Å². The lowest BCUT2D eigenvalue weighted by molar-refractivity contribution is 0.0698. The molecule has 0 aliphatic carbocycles. The first-order chi connectivity index (χ1) is 13.4. The Morgan fingerprint density at radius 1 is 1.04 bits per heavy atom. The van der Waals surface area contributed by atoms with Gasteiger partial charge in [-0.3, -0.25) is 4.79 Å². The van der Waals surface area contributed by atoms with Gasteiger partial charge in [0.15, 0.2) is 0 Å². The summed E-state index contributed by atoms with van der Waals surface area (Å²) in [7, 11) is -3.52. The van der Waals surface area contributed by atoms with Crippen LogP contribution in [0.5, 0.6) is 0 Å². The third-order valence-corrected chi connectivity index (χ3v) is 8.51. The second kappa shape index (κ2) is 7.78. The molecule has 1 saturated heterocycles. The number of rotatable bonds is 4. The summed E-state index contributed by atoms with van der Waals surface area (Å²) >= 11 is 4.49. The van der Waals surface area contributed by atoms with E-state index in [4.69, 9.17) is 0 Å². The van der Waals surface area contributed by atoms with E-state index in [1.807, 2.05) is 30.3 Å².